The lowest BCUT2D eigenvalue weighted by atomic mass is 9.80. The minimum absolute atomic E-state index is 0.155. The van der Waals surface area contributed by atoms with E-state index in [1.807, 2.05) is 35.2 Å². The van der Waals surface area contributed by atoms with Crippen LogP contribution >= 0.6 is 0 Å². The Kier molecular flexibility index (Phi) is 4.65. The second kappa shape index (κ2) is 7.33. The Labute approximate surface area is 171 Å². The number of Topliss-reactive ketones (excluding diaryl/α,β-unsaturated/α-hetero) is 1. The van der Waals surface area contributed by atoms with Crippen molar-refractivity contribution in [3.63, 3.8) is 0 Å². The van der Waals surface area contributed by atoms with Gasteiger partial charge in [0.2, 0.25) is 5.91 Å². The van der Waals surface area contributed by atoms with Crippen LogP contribution in [-0.4, -0.2) is 35.3 Å². The molecule has 29 heavy (non-hydrogen) atoms. The van der Waals surface area contributed by atoms with E-state index < -0.39 is 5.60 Å². The molecule has 1 aliphatic carbocycles. The summed E-state index contributed by atoms with van der Waals surface area (Å²) in [5.74, 6) is 1.12. The van der Waals surface area contributed by atoms with E-state index in [9.17, 15) is 9.59 Å². The Morgan fingerprint density at radius 3 is 2.41 bits per heavy atom. The predicted molar refractivity (Wildman–Crippen MR) is 111 cm³/mol. The van der Waals surface area contributed by atoms with Gasteiger partial charge >= 0.3 is 0 Å². The molecule has 2 heterocycles. The smallest absolute Gasteiger partial charge is 0.226 e. The maximum Gasteiger partial charge on any atom is 0.226 e. The Morgan fingerprint density at radius 1 is 1.00 bits per heavy atom. The molecule has 1 fully saturated rings. The van der Waals surface area contributed by atoms with Crippen molar-refractivity contribution in [3.05, 3.63) is 64.7 Å². The van der Waals surface area contributed by atoms with Crippen LogP contribution in [0.5, 0.6) is 5.75 Å². The van der Waals surface area contributed by atoms with Crippen LogP contribution in [0.2, 0.25) is 0 Å². The first kappa shape index (κ1) is 18.4. The van der Waals surface area contributed by atoms with Gasteiger partial charge in [-0.1, -0.05) is 30.3 Å². The van der Waals surface area contributed by atoms with E-state index >= 15 is 0 Å². The first-order chi connectivity index (χ1) is 14.1. The molecule has 1 spiro atoms. The van der Waals surface area contributed by atoms with Crippen LogP contribution in [-0.2, 0) is 24.1 Å². The van der Waals surface area contributed by atoms with Gasteiger partial charge in [0, 0.05) is 25.9 Å². The number of fused-ring (bicyclic) bond motifs is 2. The van der Waals surface area contributed by atoms with Gasteiger partial charge in [0.1, 0.15) is 11.4 Å². The summed E-state index contributed by atoms with van der Waals surface area (Å²) in [5.41, 5.74) is 4.02. The summed E-state index contributed by atoms with van der Waals surface area (Å²) in [6.45, 7) is 1.30. The summed E-state index contributed by atoms with van der Waals surface area (Å²) in [6, 6.07) is 14.1. The number of carbonyl (C=O) groups is 2. The third-order valence-corrected chi connectivity index (χ3v) is 6.78. The molecule has 1 amide bonds. The van der Waals surface area contributed by atoms with Gasteiger partial charge < -0.3 is 9.64 Å². The minimum Gasteiger partial charge on any atom is -0.486 e. The number of hydrogen-bond acceptors (Lipinski definition) is 3. The van der Waals surface area contributed by atoms with Gasteiger partial charge in [-0.2, -0.15) is 0 Å². The largest absolute Gasteiger partial charge is 0.486 e. The molecule has 2 aliphatic heterocycles. The van der Waals surface area contributed by atoms with E-state index in [0.717, 1.165) is 42.6 Å². The fourth-order valence-electron chi connectivity index (χ4n) is 5.05. The van der Waals surface area contributed by atoms with E-state index in [2.05, 4.69) is 12.1 Å². The number of piperidine rings is 1. The molecule has 0 N–H and O–H groups in total. The van der Waals surface area contributed by atoms with E-state index in [1.165, 1.54) is 24.0 Å². The van der Waals surface area contributed by atoms with Gasteiger partial charge in [-0.15, -0.1) is 0 Å². The standard InChI is InChI=1S/C25H27NO3/c27-22-17-25(29-23-16-20-9-5-4-8-19(20)15-21(22)23)10-12-26(13-11-25)24(28)14-18-6-2-1-3-7-18/h1-3,6-7,15-16H,4-5,8-14,17H2. The normalized spacial score (nSPS) is 20.0. The van der Waals surface area contributed by atoms with Gasteiger partial charge in [0.05, 0.1) is 18.4 Å². The van der Waals surface area contributed by atoms with Crippen molar-refractivity contribution in [3.8, 4) is 5.75 Å². The second-order valence-corrected chi connectivity index (χ2v) is 8.75. The number of ether oxygens (including phenoxy) is 1. The van der Waals surface area contributed by atoms with Gasteiger partial charge in [-0.3, -0.25) is 9.59 Å². The number of amides is 1. The van der Waals surface area contributed by atoms with Crippen molar-refractivity contribution in [2.75, 3.05) is 13.1 Å². The molecule has 0 saturated carbocycles. The second-order valence-electron chi connectivity index (χ2n) is 8.75. The van der Waals surface area contributed by atoms with Crippen LogP contribution < -0.4 is 4.74 Å². The van der Waals surface area contributed by atoms with E-state index in [-0.39, 0.29) is 11.7 Å². The Balaban J connectivity index is 1.29. The summed E-state index contributed by atoms with van der Waals surface area (Å²) in [6.07, 6.45) is 6.86. The number of ketones is 1. The highest BCUT2D eigenvalue weighted by Gasteiger charge is 2.44. The topological polar surface area (TPSA) is 46.6 Å². The van der Waals surface area contributed by atoms with Crippen molar-refractivity contribution in [2.45, 2.75) is 57.0 Å². The first-order valence-electron chi connectivity index (χ1n) is 10.8. The molecule has 2 aromatic carbocycles. The summed E-state index contributed by atoms with van der Waals surface area (Å²) >= 11 is 0. The molecule has 0 aromatic heterocycles. The van der Waals surface area contributed by atoms with Crippen LogP contribution in [0.25, 0.3) is 0 Å². The number of carbonyl (C=O) groups excluding carboxylic acids is 2. The maximum absolute atomic E-state index is 12.9. The fourth-order valence-corrected chi connectivity index (χ4v) is 5.05. The van der Waals surface area contributed by atoms with Crippen molar-refractivity contribution >= 4 is 11.7 Å². The van der Waals surface area contributed by atoms with Gasteiger partial charge in [-0.05, 0) is 54.5 Å². The number of nitrogens with zero attached hydrogens (tertiary/aromatic N) is 1. The number of aryl methyl sites for hydroxylation is 2. The molecule has 0 atom stereocenters. The highest BCUT2D eigenvalue weighted by atomic mass is 16.5. The molecule has 4 heteroatoms. The molecule has 5 rings (SSSR count). The first-order valence-corrected chi connectivity index (χ1v) is 10.8. The summed E-state index contributed by atoms with van der Waals surface area (Å²) in [5, 5.41) is 0. The highest BCUT2D eigenvalue weighted by molar-refractivity contribution is 6.00. The van der Waals surface area contributed by atoms with Gasteiger partial charge in [0.15, 0.2) is 5.78 Å². The van der Waals surface area contributed by atoms with Crippen molar-refractivity contribution in [1.29, 1.82) is 0 Å². The molecule has 2 aromatic rings. The molecule has 0 bridgehead atoms. The van der Waals surface area contributed by atoms with E-state index in [0.29, 0.717) is 25.9 Å². The molecule has 1 saturated heterocycles. The minimum atomic E-state index is -0.448. The van der Waals surface area contributed by atoms with Crippen molar-refractivity contribution in [2.24, 2.45) is 0 Å². The molecular weight excluding hydrogens is 362 g/mol. The monoisotopic (exact) mass is 389 g/mol. The third-order valence-electron chi connectivity index (χ3n) is 6.78. The Bertz CT molecular complexity index is 942. The van der Waals surface area contributed by atoms with Crippen molar-refractivity contribution < 1.29 is 14.3 Å². The van der Waals surface area contributed by atoms with E-state index in [1.54, 1.807) is 0 Å². The Hall–Kier alpha value is -2.62. The zero-order chi connectivity index (χ0) is 19.8. The Morgan fingerprint density at radius 2 is 1.69 bits per heavy atom. The van der Waals surface area contributed by atoms with Crippen LogP contribution in [0.15, 0.2) is 42.5 Å². The van der Waals surface area contributed by atoms with Crippen LogP contribution in [0.4, 0.5) is 0 Å². The molecular formula is C25H27NO3. The van der Waals surface area contributed by atoms with Crippen molar-refractivity contribution in [1.82, 2.24) is 4.90 Å². The lowest BCUT2D eigenvalue weighted by Gasteiger charge is -2.44. The number of likely N-dealkylation sites (tertiary alicyclic amines) is 1. The lowest BCUT2D eigenvalue weighted by Crippen LogP contribution is -2.52. The zero-order valence-corrected chi connectivity index (χ0v) is 16.8. The predicted octanol–water partition coefficient (Wildman–Crippen LogP) is 4.13. The summed E-state index contributed by atoms with van der Waals surface area (Å²) in [4.78, 5) is 27.5. The highest BCUT2D eigenvalue weighted by Crippen LogP contribution is 2.41. The van der Waals surface area contributed by atoms with Crippen LogP contribution in [0, 0.1) is 0 Å². The summed E-state index contributed by atoms with van der Waals surface area (Å²) in [7, 11) is 0. The quantitative estimate of drug-likeness (QED) is 0.776. The van der Waals surface area contributed by atoms with Gasteiger partial charge in [0.25, 0.3) is 0 Å². The lowest BCUT2D eigenvalue weighted by molar-refractivity contribution is -0.134. The average Bonchev–Trinajstić information content (AvgIpc) is 2.74. The molecule has 0 radical (unpaired) electrons. The SMILES string of the molecule is O=C1CC2(CCN(C(=O)Cc3ccccc3)CC2)Oc2cc3c(cc21)CCCC3. The van der Waals surface area contributed by atoms with Gasteiger partial charge in [-0.25, -0.2) is 0 Å². The molecule has 0 unspecified atom stereocenters. The zero-order valence-electron chi connectivity index (χ0n) is 16.8. The fraction of sp³-hybridized carbons (Fsp3) is 0.440. The maximum atomic E-state index is 12.9. The van der Waals surface area contributed by atoms with Crippen LogP contribution in [0.1, 0.15) is 59.2 Å². The van der Waals surface area contributed by atoms with E-state index in [4.69, 9.17) is 4.74 Å². The third kappa shape index (κ3) is 3.57. The molecule has 150 valence electrons. The average molecular weight is 389 g/mol. The summed E-state index contributed by atoms with van der Waals surface area (Å²) < 4.78 is 6.48. The molecule has 3 aliphatic rings. The number of rotatable bonds is 2. The molecule has 4 nitrogen and oxygen atoms in total. The number of benzene rings is 2. The number of hydrogen-bond donors (Lipinski definition) is 0. The van der Waals surface area contributed by atoms with Crippen LogP contribution in [0.3, 0.4) is 0 Å².